The lowest BCUT2D eigenvalue weighted by Crippen LogP contribution is -2.47. The molecule has 2 heterocycles. The van der Waals surface area contributed by atoms with Gasteiger partial charge in [0.1, 0.15) is 12.4 Å². The van der Waals surface area contributed by atoms with Crippen molar-refractivity contribution in [2.45, 2.75) is 39.1 Å². The summed E-state index contributed by atoms with van der Waals surface area (Å²) in [5.74, 6) is 0.704. The Hall–Kier alpha value is -0.910. The molecule has 0 aliphatic carbocycles. The molecule has 0 bridgehead atoms. The van der Waals surface area contributed by atoms with Crippen LogP contribution in [0.3, 0.4) is 0 Å². The van der Waals surface area contributed by atoms with Gasteiger partial charge in [-0.05, 0) is 13.8 Å². The van der Waals surface area contributed by atoms with E-state index < -0.39 is 0 Å². The predicted octanol–water partition coefficient (Wildman–Crippen LogP) is 0.485. The van der Waals surface area contributed by atoms with Crippen molar-refractivity contribution in [2.75, 3.05) is 19.7 Å². The number of aliphatic hydroxyl groups is 1. The first-order chi connectivity index (χ1) is 8.20. The Bertz CT molecular complexity index is 351. The summed E-state index contributed by atoms with van der Waals surface area (Å²) < 4.78 is 7.73. The maximum Gasteiger partial charge on any atom is 0.134 e. The third-order valence-electron chi connectivity index (χ3n) is 3.24. The van der Waals surface area contributed by atoms with Gasteiger partial charge in [0, 0.05) is 31.5 Å². The predicted molar refractivity (Wildman–Crippen MR) is 64.6 cm³/mol. The Kier molecular flexibility index (Phi) is 4.15. The van der Waals surface area contributed by atoms with Crippen molar-refractivity contribution in [1.29, 1.82) is 0 Å². The van der Waals surface area contributed by atoms with Gasteiger partial charge in [0.05, 0.1) is 19.3 Å². The van der Waals surface area contributed by atoms with E-state index >= 15 is 0 Å². The second-order valence-corrected chi connectivity index (χ2v) is 4.74. The van der Waals surface area contributed by atoms with Crippen molar-refractivity contribution in [1.82, 2.24) is 14.5 Å². The van der Waals surface area contributed by atoms with Crippen LogP contribution in [-0.2, 0) is 17.9 Å². The molecule has 5 heteroatoms. The average Bonchev–Trinajstić information content (AvgIpc) is 2.76. The topological polar surface area (TPSA) is 50.5 Å². The summed E-state index contributed by atoms with van der Waals surface area (Å²) in [6, 6.07) is 0.557. The molecule has 0 aromatic carbocycles. The molecule has 1 aromatic rings. The average molecular weight is 239 g/mol. The van der Waals surface area contributed by atoms with E-state index in [1.165, 1.54) is 0 Å². The number of ether oxygens (including phenoxy) is 1. The smallest absolute Gasteiger partial charge is 0.134 e. The summed E-state index contributed by atoms with van der Waals surface area (Å²) in [6.45, 7) is 7.89. The van der Waals surface area contributed by atoms with E-state index in [0.717, 1.165) is 26.2 Å². The summed E-state index contributed by atoms with van der Waals surface area (Å²) in [5, 5.41) is 9.14. The molecule has 2 rings (SSSR count). The highest BCUT2D eigenvalue weighted by atomic mass is 16.5. The second kappa shape index (κ2) is 5.62. The Morgan fingerprint density at radius 2 is 2.41 bits per heavy atom. The van der Waals surface area contributed by atoms with Crippen LogP contribution >= 0.6 is 0 Å². The van der Waals surface area contributed by atoms with Gasteiger partial charge < -0.3 is 14.4 Å². The number of rotatable bonds is 4. The molecule has 96 valence electrons. The molecule has 5 nitrogen and oxygen atoms in total. The standard InChI is InChI=1S/C12H21N3O2/c1-10(2)14-5-6-17-11(7-14)8-15-4-3-13-12(15)9-16/h3-4,10-11,16H,5-9H2,1-2H3. The fourth-order valence-electron chi connectivity index (χ4n) is 2.20. The van der Waals surface area contributed by atoms with E-state index in [1.54, 1.807) is 6.20 Å². The molecule has 0 saturated carbocycles. The minimum absolute atomic E-state index is 0.0202. The minimum atomic E-state index is -0.0202. The number of aliphatic hydroxyl groups excluding tert-OH is 1. The van der Waals surface area contributed by atoms with E-state index in [4.69, 9.17) is 9.84 Å². The first kappa shape index (κ1) is 12.5. The monoisotopic (exact) mass is 239 g/mol. The summed E-state index contributed by atoms with van der Waals surface area (Å²) in [7, 11) is 0. The molecule has 1 atom stereocenters. The SMILES string of the molecule is CC(C)N1CCOC(Cn2ccnc2CO)C1. The number of nitrogens with zero attached hydrogens (tertiary/aromatic N) is 3. The zero-order valence-corrected chi connectivity index (χ0v) is 10.5. The molecular weight excluding hydrogens is 218 g/mol. The van der Waals surface area contributed by atoms with Gasteiger partial charge in [-0.25, -0.2) is 4.98 Å². The van der Waals surface area contributed by atoms with Crippen molar-refractivity contribution < 1.29 is 9.84 Å². The van der Waals surface area contributed by atoms with Crippen molar-refractivity contribution >= 4 is 0 Å². The molecular formula is C12H21N3O2. The lowest BCUT2D eigenvalue weighted by Gasteiger charge is -2.35. The van der Waals surface area contributed by atoms with Crippen LogP contribution in [0.15, 0.2) is 12.4 Å². The molecule has 1 aliphatic rings. The second-order valence-electron chi connectivity index (χ2n) is 4.74. The number of aromatic nitrogens is 2. The normalized spacial score (nSPS) is 22.2. The van der Waals surface area contributed by atoms with Crippen molar-refractivity contribution in [3.63, 3.8) is 0 Å². The molecule has 1 aromatic heterocycles. The van der Waals surface area contributed by atoms with Gasteiger partial charge in [-0.2, -0.15) is 0 Å². The Morgan fingerprint density at radius 1 is 1.59 bits per heavy atom. The lowest BCUT2D eigenvalue weighted by atomic mass is 10.2. The fourth-order valence-corrected chi connectivity index (χ4v) is 2.20. The third-order valence-corrected chi connectivity index (χ3v) is 3.24. The van der Waals surface area contributed by atoms with Crippen LogP contribution in [0, 0.1) is 0 Å². The van der Waals surface area contributed by atoms with Crippen molar-refractivity contribution in [3.8, 4) is 0 Å². The van der Waals surface area contributed by atoms with Gasteiger partial charge in [-0.15, -0.1) is 0 Å². The van der Waals surface area contributed by atoms with Crippen LogP contribution in [0.2, 0.25) is 0 Å². The molecule has 0 spiro atoms. The van der Waals surface area contributed by atoms with Gasteiger partial charge in [0.15, 0.2) is 0 Å². The molecule has 0 radical (unpaired) electrons. The number of hydrogen-bond acceptors (Lipinski definition) is 4. The van der Waals surface area contributed by atoms with E-state index in [-0.39, 0.29) is 12.7 Å². The third kappa shape index (κ3) is 3.06. The zero-order chi connectivity index (χ0) is 12.3. The van der Waals surface area contributed by atoms with Crippen LogP contribution in [0.4, 0.5) is 0 Å². The van der Waals surface area contributed by atoms with Gasteiger partial charge in [-0.3, -0.25) is 4.90 Å². The minimum Gasteiger partial charge on any atom is -0.388 e. The largest absolute Gasteiger partial charge is 0.388 e. The quantitative estimate of drug-likeness (QED) is 0.830. The van der Waals surface area contributed by atoms with Crippen LogP contribution < -0.4 is 0 Å². The van der Waals surface area contributed by atoms with Gasteiger partial charge in [-0.1, -0.05) is 0 Å². The fraction of sp³-hybridized carbons (Fsp3) is 0.750. The van der Waals surface area contributed by atoms with Crippen molar-refractivity contribution in [2.24, 2.45) is 0 Å². The first-order valence-corrected chi connectivity index (χ1v) is 6.17. The Morgan fingerprint density at radius 3 is 3.12 bits per heavy atom. The van der Waals surface area contributed by atoms with Crippen LogP contribution in [0.5, 0.6) is 0 Å². The van der Waals surface area contributed by atoms with Crippen LogP contribution in [0.1, 0.15) is 19.7 Å². The van der Waals surface area contributed by atoms with Crippen LogP contribution in [0.25, 0.3) is 0 Å². The maximum atomic E-state index is 9.14. The van der Waals surface area contributed by atoms with Crippen molar-refractivity contribution in [3.05, 3.63) is 18.2 Å². The summed E-state index contributed by atoms with van der Waals surface area (Å²) in [4.78, 5) is 6.52. The molecule has 1 unspecified atom stereocenters. The highest BCUT2D eigenvalue weighted by Crippen LogP contribution is 2.11. The Labute approximate surface area is 102 Å². The van der Waals surface area contributed by atoms with Crippen LogP contribution in [-0.4, -0.2) is 51.4 Å². The Balaban J connectivity index is 1.94. The molecule has 1 saturated heterocycles. The highest BCUT2D eigenvalue weighted by molar-refractivity contribution is 4.91. The van der Waals surface area contributed by atoms with Gasteiger partial charge in [0.25, 0.3) is 0 Å². The maximum absolute atomic E-state index is 9.14. The number of imidazole rings is 1. The first-order valence-electron chi connectivity index (χ1n) is 6.17. The summed E-state index contributed by atoms with van der Waals surface area (Å²) in [6.07, 6.45) is 3.79. The molecule has 1 aliphatic heterocycles. The molecule has 17 heavy (non-hydrogen) atoms. The summed E-state index contributed by atoms with van der Waals surface area (Å²) in [5.41, 5.74) is 0. The van der Waals surface area contributed by atoms with Gasteiger partial charge in [0.2, 0.25) is 0 Å². The lowest BCUT2D eigenvalue weighted by molar-refractivity contribution is -0.0461. The molecule has 1 fully saturated rings. The van der Waals surface area contributed by atoms with E-state index in [2.05, 4.69) is 23.7 Å². The zero-order valence-electron chi connectivity index (χ0n) is 10.5. The summed E-state index contributed by atoms with van der Waals surface area (Å²) >= 11 is 0. The highest BCUT2D eigenvalue weighted by Gasteiger charge is 2.22. The van der Waals surface area contributed by atoms with E-state index in [1.807, 2.05) is 10.8 Å². The van der Waals surface area contributed by atoms with Gasteiger partial charge >= 0.3 is 0 Å². The van der Waals surface area contributed by atoms with E-state index in [0.29, 0.717) is 11.9 Å². The molecule has 0 amide bonds. The van der Waals surface area contributed by atoms with E-state index in [9.17, 15) is 0 Å². The molecule has 1 N–H and O–H groups in total. The number of hydrogen-bond donors (Lipinski definition) is 1. The number of morpholine rings is 1.